The van der Waals surface area contributed by atoms with Gasteiger partial charge in [-0.05, 0) is 24.6 Å². The molecule has 0 saturated heterocycles. The fourth-order valence-electron chi connectivity index (χ4n) is 1.88. The number of phenols is 1. The van der Waals surface area contributed by atoms with Gasteiger partial charge in [0.1, 0.15) is 5.75 Å². The maximum Gasteiger partial charge on any atom is 0.138 e. The normalized spacial score (nSPS) is 19.6. The molecule has 70 valence electrons. The first kappa shape index (κ1) is 8.38. The van der Waals surface area contributed by atoms with Gasteiger partial charge in [-0.2, -0.15) is 0 Å². The molecule has 0 saturated carbocycles. The second kappa shape index (κ2) is 3.26. The number of anilines is 1. The smallest absolute Gasteiger partial charge is 0.138 e. The maximum atomic E-state index is 9.52. The van der Waals surface area contributed by atoms with Gasteiger partial charge in [0.15, 0.2) is 0 Å². The second-order valence-corrected chi connectivity index (χ2v) is 3.40. The monoisotopic (exact) mass is 178 g/mol. The molecule has 13 heavy (non-hydrogen) atoms. The number of rotatable bonds is 2. The van der Waals surface area contributed by atoms with Crippen LogP contribution in [0.1, 0.15) is 17.9 Å². The van der Waals surface area contributed by atoms with E-state index in [1.165, 1.54) is 5.56 Å². The van der Waals surface area contributed by atoms with Gasteiger partial charge in [0.2, 0.25) is 0 Å². The van der Waals surface area contributed by atoms with Crippen LogP contribution in [-0.2, 0) is 0 Å². The van der Waals surface area contributed by atoms with Crippen molar-refractivity contribution >= 4 is 5.69 Å². The molecule has 1 aliphatic heterocycles. The Labute approximate surface area is 77.6 Å². The van der Waals surface area contributed by atoms with Crippen LogP contribution in [0.4, 0.5) is 5.69 Å². The zero-order valence-corrected chi connectivity index (χ0v) is 7.46. The van der Waals surface area contributed by atoms with Crippen molar-refractivity contribution in [3.05, 3.63) is 23.8 Å². The molecular formula is C10H14N2O. The molecule has 0 amide bonds. The average molecular weight is 178 g/mol. The Hall–Kier alpha value is -1.22. The number of nitrogens with two attached hydrogens (primary N) is 1. The molecule has 4 N–H and O–H groups in total. The molecule has 0 bridgehead atoms. The number of nitrogens with one attached hydrogen (secondary N) is 1. The van der Waals surface area contributed by atoms with Crippen molar-refractivity contribution in [2.45, 2.75) is 12.3 Å². The van der Waals surface area contributed by atoms with Crippen LogP contribution < -0.4 is 11.1 Å². The number of aromatic hydroxyl groups is 1. The molecular weight excluding hydrogens is 164 g/mol. The number of hydrogen-bond acceptors (Lipinski definition) is 3. The van der Waals surface area contributed by atoms with E-state index >= 15 is 0 Å². The second-order valence-electron chi connectivity index (χ2n) is 3.40. The summed E-state index contributed by atoms with van der Waals surface area (Å²) >= 11 is 0. The fourth-order valence-corrected chi connectivity index (χ4v) is 1.88. The highest BCUT2D eigenvalue weighted by Gasteiger charge is 2.22. The first-order valence-electron chi connectivity index (χ1n) is 4.58. The molecule has 2 rings (SSSR count). The van der Waals surface area contributed by atoms with E-state index in [2.05, 4.69) is 11.4 Å². The van der Waals surface area contributed by atoms with E-state index in [0.29, 0.717) is 18.2 Å². The summed E-state index contributed by atoms with van der Waals surface area (Å²) in [6.45, 7) is 1.59. The summed E-state index contributed by atoms with van der Waals surface area (Å²) in [6.07, 6.45) is 0.976. The predicted molar refractivity (Wildman–Crippen MR) is 53.0 cm³/mol. The molecule has 1 unspecified atom stereocenters. The third-order valence-corrected chi connectivity index (χ3v) is 2.55. The van der Waals surface area contributed by atoms with Gasteiger partial charge in [-0.15, -0.1) is 0 Å². The summed E-state index contributed by atoms with van der Waals surface area (Å²) in [5, 5.41) is 12.7. The van der Waals surface area contributed by atoms with Gasteiger partial charge in [0.25, 0.3) is 0 Å². The van der Waals surface area contributed by atoms with Crippen molar-refractivity contribution in [2.75, 3.05) is 18.4 Å². The molecule has 0 fully saturated rings. The van der Waals surface area contributed by atoms with E-state index in [1.807, 2.05) is 6.07 Å². The van der Waals surface area contributed by atoms with E-state index in [4.69, 9.17) is 5.73 Å². The lowest BCUT2D eigenvalue weighted by molar-refractivity contribution is 0.477. The van der Waals surface area contributed by atoms with Gasteiger partial charge in [0, 0.05) is 12.5 Å². The van der Waals surface area contributed by atoms with Crippen LogP contribution in [-0.4, -0.2) is 18.2 Å². The first-order chi connectivity index (χ1) is 6.33. The van der Waals surface area contributed by atoms with Gasteiger partial charge in [-0.1, -0.05) is 12.1 Å². The van der Waals surface area contributed by atoms with Crippen molar-refractivity contribution in [1.82, 2.24) is 0 Å². The number of para-hydroxylation sites is 1. The van der Waals surface area contributed by atoms with E-state index in [-0.39, 0.29) is 0 Å². The molecule has 0 aliphatic carbocycles. The Bertz CT molecular complexity index is 312. The molecule has 0 spiro atoms. The largest absolute Gasteiger partial charge is 0.506 e. The standard InChI is InChI=1S/C10H14N2O/c11-5-4-7-6-12-10-8(7)2-1-3-9(10)13/h1-3,7,12-13H,4-6,11H2. The number of hydrogen-bond donors (Lipinski definition) is 3. The minimum atomic E-state index is 0.344. The highest BCUT2D eigenvalue weighted by atomic mass is 16.3. The number of fused-ring (bicyclic) bond motifs is 1. The Balaban J connectivity index is 2.32. The van der Waals surface area contributed by atoms with E-state index < -0.39 is 0 Å². The topological polar surface area (TPSA) is 58.3 Å². The summed E-state index contributed by atoms with van der Waals surface area (Å²) in [6, 6.07) is 5.64. The zero-order valence-electron chi connectivity index (χ0n) is 7.46. The van der Waals surface area contributed by atoms with Crippen LogP contribution in [0.2, 0.25) is 0 Å². The Kier molecular flexibility index (Phi) is 2.10. The fraction of sp³-hybridized carbons (Fsp3) is 0.400. The van der Waals surface area contributed by atoms with Crippen molar-refractivity contribution in [2.24, 2.45) is 5.73 Å². The molecule has 0 radical (unpaired) electrons. The molecule has 1 aromatic carbocycles. The molecule has 1 heterocycles. The Morgan fingerprint density at radius 2 is 2.38 bits per heavy atom. The Morgan fingerprint density at radius 1 is 1.54 bits per heavy atom. The zero-order chi connectivity index (χ0) is 9.26. The van der Waals surface area contributed by atoms with Crippen LogP contribution in [0.5, 0.6) is 5.75 Å². The van der Waals surface area contributed by atoms with Gasteiger partial charge in [-0.25, -0.2) is 0 Å². The summed E-state index contributed by atoms with van der Waals surface area (Å²) in [5.41, 5.74) is 7.60. The molecule has 3 heteroatoms. The van der Waals surface area contributed by atoms with Crippen molar-refractivity contribution in [3.8, 4) is 5.75 Å². The average Bonchev–Trinajstić information content (AvgIpc) is 2.51. The lowest BCUT2D eigenvalue weighted by Gasteiger charge is -2.07. The summed E-state index contributed by atoms with van der Waals surface area (Å²) < 4.78 is 0. The highest BCUT2D eigenvalue weighted by Crippen LogP contribution is 2.38. The van der Waals surface area contributed by atoms with Gasteiger partial charge in [-0.3, -0.25) is 0 Å². The quantitative estimate of drug-likeness (QED) is 0.597. The van der Waals surface area contributed by atoms with E-state index in [9.17, 15) is 5.11 Å². The lowest BCUT2D eigenvalue weighted by Crippen LogP contribution is -2.08. The summed E-state index contributed by atoms with van der Waals surface area (Å²) in [4.78, 5) is 0. The molecule has 1 aromatic rings. The highest BCUT2D eigenvalue weighted by molar-refractivity contribution is 5.66. The van der Waals surface area contributed by atoms with Crippen molar-refractivity contribution in [3.63, 3.8) is 0 Å². The lowest BCUT2D eigenvalue weighted by atomic mass is 9.98. The van der Waals surface area contributed by atoms with E-state index in [0.717, 1.165) is 18.7 Å². The summed E-state index contributed by atoms with van der Waals surface area (Å²) in [5.74, 6) is 0.809. The van der Waals surface area contributed by atoms with Gasteiger partial charge < -0.3 is 16.2 Å². The maximum absolute atomic E-state index is 9.52. The third kappa shape index (κ3) is 1.35. The number of phenolic OH excluding ortho intramolecular Hbond substituents is 1. The predicted octanol–water partition coefficient (Wildman–Crippen LogP) is 1.25. The molecule has 1 atom stereocenters. The van der Waals surface area contributed by atoms with Crippen molar-refractivity contribution in [1.29, 1.82) is 0 Å². The first-order valence-corrected chi connectivity index (χ1v) is 4.58. The van der Waals surface area contributed by atoms with Crippen LogP contribution >= 0.6 is 0 Å². The van der Waals surface area contributed by atoms with Crippen LogP contribution in [0.25, 0.3) is 0 Å². The minimum Gasteiger partial charge on any atom is -0.506 e. The third-order valence-electron chi connectivity index (χ3n) is 2.55. The molecule has 3 nitrogen and oxygen atoms in total. The van der Waals surface area contributed by atoms with Crippen LogP contribution in [0, 0.1) is 0 Å². The molecule has 0 aromatic heterocycles. The minimum absolute atomic E-state index is 0.344. The SMILES string of the molecule is NCCC1CNc2c(O)cccc21. The van der Waals surface area contributed by atoms with E-state index in [1.54, 1.807) is 6.07 Å². The summed E-state index contributed by atoms with van der Waals surface area (Å²) in [7, 11) is 0. The van der Waals surface area contributed by atoms with Gasteiger partial charge >= 0.3 is 0 Å². The molecule has 1 aliphatic rings. The van der Waals surface area contributed by atoms with Crippen LogP contribution in [0.15, 0.2) is 18.2 Å². The van der Waals surface area contributed by atoms with Crippen LogP contribution in [0.3, 0.4) is 0 Å². The number of benzene rings is 1. The Morgan fingerprint density at radius 3 is 3.15 bits per heavy atom. The van der Waals surface area contributed by atoms with Gasteiger partial charge in [0.05, 0.1) is 5.69 Å². The van der Waals surface area contributed by atoms with Crippen molar-refractivity contribution < 1.29 is 5.11 Å².